The summed E-state index contributed by atoms with van der Waals surface area (Å²) >= 11 is 0. The third-order valence-electron chi connectivity index (χ3n) is 2.34. The van der Waals surface area contributed by atoms with Crippen molar-refractivity contribution >= 4 is 6.29 Å². The zero-order chi connectivity index (χ0) is 10.4. The number of aryl methyl sites for hydroxylation is 1. The van der Waals surface area contributed by atoms with Gasteiger partial charge in [0.25, 0.3) is 0 Å². The molecule has 0 radical (unpaired) electrons. The Hall–Kier alpha value is -1.31. The van der Waals surface area contributed by atoms with Gasteiger partial charge in [-0.05, 0) is 37.0 Å². The number of carbonyl (C=O) groups is 1. The molecule has 0 amide bonds. The molecule has 0 heterocycles. The van der Waals surface area contributed by atoms with Gasteiger partial charge in [0.1, 0.15) is 12.0 Å². The van der Waals surface area contributed by atoms with Crippen LogP contribution >= 0.6 is 0 Å². The van der Waals surface area contributed by atoms with Crippen molar-refractivity contribution in [3.8, 4) is 5.75 Å². The van der Waals surface area contributed by atoms with E-state index in [1.54, 1.807) is 7.11 Å². The van der Waals surface area contributed by atoms with Gasteiger partial charge in [0, 0.05) is 6.42 Å². The average Bonchev–Trinajstić information content (AvgIpc) is 2.20. The summed E-state index contributed by atoms with van der Waals surface area (Å²) in [7, 11) is 1.68. The topological polar surface area (TPSA) is 26.3 Å². The number of ether oxygens (including phenoxy) is 1. The molecule has 0 saturated carbocycles. The van der Waals surface area contributed by atoms with Crippen molar-refractivity contribution in [1.82, 2.24) is 0 Å². The van der Waals surface area contributed by atoms with E-state index in [2.05, 4.69) is 13.0 Å². The molecular formula is C12H16O2. The number of hydrogen-bond donors (Lipinski definition) is 0. The highest BCUT2D eigenvalue weighted by Gasteiger charge is 2.04. The van der Waals surface area contributed by atoms with E-state index in [1.807, 2.05) is 12.1 Å². The lowest BCUT2D eigenvalue weighted by molar-refractivity contribution is -0.107. The molecule has 76 valence electrons. The van der Waals surface area contributed by atoms with Crippen molar-refractivity contribution in [3.05, 3.63) is 29.3 Å². The first-order chi connectivity index (χ1) is 6.79. The molecule has 2 nitrogen and oxygen atoms in total. The molecule has 0 unspecified atom stereocenters. The van der Waals surface area contributed by atoms with E-state index in [0.717, 1.165) is 24.9 Å². The second kappa shape index (κ2) is 5.43. The summed E-state index contributed by atoms with van der Waals surface area (Å²) < 4.78 is 5.27. The van der Waals surface area contributed by atoms with Crippen molar-refractivity contribution in [2.75, 3.05) is 7.11 Å². The average molecular weight is 192 g/mol. The minimum Gasteiger partial charge on any atom is -0.496 e. The predicted molar refractivity (Wildman–Crippen MR) is 56.7 cm³/mol. The molecule has 0 atom stereocenters. The summed E-state index contributed by atoms with van der Waals surface area (Å²) in [5, 5.41) is 0. The van der Waals surface area contributed by atoms with Gasteiger partial charge in [-0.3, -0.25) is 0 Å². The van der Waals surface area contributed by atoms with E-state index >= 15 is 0 Å². The number of methoxy groups -OCH3 is 1. The first-order valence-electron chi connectivity index (χ1n) is 4.85. The molecule has 0 N–H and O–H groups in total. The van der Waals surface area contributed by atoms with Crippen LogP contribution in [0.25, 0.3) is 0 Å². The van der Waals surface area contributed by atoms with Gasteiger partial charge in [-0.1, -0.05) is 12.1 Å². The summed E-state index contributed by atoms with van der Waals surface area (Å²) in [6, 6.07) is 6.01. The minimum absolute atomic E-state index is 0.623. The quantitative estimate of drug-likeness (QED) is 0.529. The van der Waals surface area contributed by atoms with Crippen LogP contribution in [0.3, 0.4) is 0 Å². The van der Waals surface area contributed by atoms with Gasteiger partial charge in [-0.2, -0.15) is 0 Å². The smallest absolute Gasteiger partial charge is 0.122 e. The second-order valence-corrected chi connectivity index (χ2v) is 3.31. The summed E-state index contributed by atoms with van der Waals surface area (Å²) in [6.07, 6.45) is 3.39. The van der Waals surface area contributed by atoms with E-state index in [1.165, 1.54) is 11.1 Å². The first-order valence-corrected chi connectivity index (χ1v) is 4.85. The zero-order valence-electron chi connectivity index (χ0n) is 8.75. The van der Waals surface area contributed by atoms with Crippen LogP contribution in [0.15, 0.2) is 18.2 Å². The number of unbranched alkanes of at least 4 members (excludes halogenated alkanes) is 1. The Labute approximate surface area is 84.9 Å². The van der Waals surface area contributed by atoms with Crippen LogP contribution in [-0.4, -0.2) is 13.4 Å². The Morgan fingerprint density at radius 1 is 1.43 bits per heavy atom. The van der Waals surface area contributed by atoms with Gasteiger partial charge in [-0.15, -0.1) is 0 Å². The highest BCUT2D eigenvalue weighted by atomic mass is 16.5. The minimum atomic E-state index is 0.623. The van der Waals surface area contributed by atoms with Gasteiger partial charge < -0.3 is 9.53 Å². The molecular weight excluding hydrogens is 176 g/mol. The molecule has 14 heavy (non-hydrogen) atoms. The van der Waals surface area contributed by atoms with Crippen molar-refractivity contribution < 1.29 is 9.53 Å². The molecule has 0 fully saturated rings. The van der Waals surface area contributed by atoms with Gasteiger partial charge in [0.2, 0.25) is 0 Å². The summed E-state index contributed by atoms with van der Waals surface area (Å²) in [5.74, 6) is 0.927. The molecule has 0 aliphatic rings. The van der Waals surface area contributed by atoms with Crippen LogP contribution < -0.4 is 4.74 Å². The maximum absolute atomic E-state index is 10.2. The van der Waals surface area contributed by atoms with E-state index in [-0.39, 0.29) is 0 Å². The Morgan fingerprint density at radius 2 is 2.21 bits per heavy atom. The number of rotatable bonds is 5. The lowest BCUT2D eigenvalue weighted by Gasteiger charge is -2.10. The van der Waals surface area contributed by atoms with Crippen LogP contribution in [0.1, 0.15) is 24.0 Å². The standard InChI is InChI=1S/C12H16O2/c1-10-6-5-8-12(14-2)11(10)7-3-4-9-13/h5-6,8-9H,3-4,7H2,1-2H3. The first kappa shape index (κ1) is 10.8. The van der Waals surface area contributed by atoms with Crippen molar-refractivity contribution in [2.45, 2.75) is 26.2 Å². The Morgan fingerprint density at radius 3 is 2.86 bits per heavy atom. The molecule has 1 rings (SSSR count). The Balaban J connectivity index is 2.76. The molecule has 0 bridgehead atoms. The highest BCUT2D eigenvalue weighted by Crippen LogP contribution is 2.23. The maximum Gasteiger partial charge on any atom is 0.122 e. The number of carbonyl (C=O) groups excluding carboxylic acids is 1. The van der Waals surface area contributed by atoms with Gasteiger partial charge >= 0.3 is 0 Å². The van der Waals surface area contributed by atoms with E-state index < -0.39 is 0 Å². The molecule has 1 aromatic rings. The normalized spacial score (nSPS) is 9.86. The van der Waals surface area contributed by atoms with Crippen molar-refractivity contribution in [1.29, 1.82) is 0 Å². The van der Waals surface area contributed by atoms with Gasteiger partial charge in [0.05, 0.1) is 7.11 Å². The third kappa shape index (κ3) is 2.59. The van der Waals surface area contributed by atoms with Crippen LogP contribution in [0.5, 0.6) is 5.75 Å². The largest absolute Gasteiger partial charge is 0.496 e. The molecule has 0 spiro atoms. The summed E-state index contributed by atoms with van der Waals surface area (Å²) in [6.45, 7) is 2.07. The van der Waals surface area contributed by atoms with Crippen LogP contribution in [-0.2, 0) is 11.2 Å². The molecule has 0 aliphatic carbocycles. The maximum atomic E-state index is 10.2. The van der Waals surface area contributed by atoms with E-state index in [0.29, 0.717) is 6.42 Å². The third-order valence-corrected chi connectivity index (χ3v) is 2.34. The van der Waals surface area contributed by atoms with E-state index in [4.69, 9.17) is 4.74 Å². The SMILES string of the molecule is COc1cccc(C)c1CCCC=O. The fourth-order valence-corrected chi connectivity index (χ4v) is 1.55. The van der Waals surface area contributed by atoms with Gasteiger partial charge in [0.15, 0.2) is 0 Å². The number of hydrogen-bond acceptors (Lipinski definition) is 2. The lowest BCUT2D eigenvalue weighted by atomic mass is 10.0. The second-order valence-electron chi connectivity index (χ2n) is 3.31. The highest BCUT2D eigenvalue weighted by molar-refractivity contribution is 5.49. The molecule has 0 saturated heterocycles. The van der Waals surface area contributed by atoms with Gasteiger partial charge in [-0.25, -0.2) is 0 Å². The molecule has 2 heteroatoms. The van der Waals surface area contributed by atoms with Crippen LogP contribution in [0, 0.1) is 6.92 Å². The Bertz CT molecular complexity index is 305. The number of benzene rings is 1. The predicted octanol–water partition coefficient (Wildman–Crippen LogP) is 2.53. The fraction of sp³-hybridized carbons (Fsp3) is 0.417. The van der Waals surface area contributed by atoms with E-state index in [9.17, 15) is 4.79 Å². The number of aldehydes is 1. The summed E-state index contributed by atoms with van der Waals surface area (Å²) in [5.41, 5.74) is 2.45. The Kier molecular flexibility index (Phi) is 4.17. The molecule has 1 aromatic carbocycles. The van der Waals surface area contributed by atoms with Crippen LogP contribution in [0.2, 0.25) is 0 Å². The summed E-state index contributed by atoms with van der Waals surface area (Å²) in [4.78, 5) is 10.2. The van der Waals surface area contributed by atoms with Crippen LogP contribution in [0.4, 0.5) is 0 Å². The van der Waals surface area contributed by atoms with Crippen molar-refractivity contribution in [3.63, 3.8) is 0 Å². The molecule has 0 aromatic heterocycles. The van der Waals surface area contributed by atoms with Crippen molar-refractivity contribution in [2.24, 2.45) is 0 Å². The fourth-order valence-electron chi connectivity index (χ4n) is 1.55. The zero-order valence-corrected chi connectivity index (χ0v) is 8.75. The molecule has 0 aliphatic heterocycles. The lowest BCUT2D eigenvalue weighted by Crippen LogP contribution is -1.95. The monoisotopic (exact) mass is 192 g/mol.